The van der Waals surface area contributed by atoms with Crippen LogP contribution in [-0.4, -0.2) is 20.9 Å². The molecule has 6 heteroatoms. The number of halogens is 1. The first kappa shape index (κ1) is 18.9. The van der Waals surface area contributed by atoms with Crippen LogP contribution in [0, 0.1) is 13.8 Å². The van der Waals surface area contributed by atoms with Crippen molar-refractivity contribution in [3.05, 3.63) is 92.9 Å². The SMILES string of the molecule is Cc1cccc(-n2c(O)c(C=Nc3ccc(Cl)cc3C)c3ccccc3c2=O)n1. The molecule has 29 heavy (non-hydrogen) atoms. The van der Waals surface area contributed by atoms with Crippen molar-refractivity contribution in [2.45, 2.75) is 13.8 Å². The number of rotatable bonds is 3. The average Bonchev–Trinajstić information content (AvgIpc) is 2.69. The third-order valence-corrected chi connectivity index (χ3v) is 4.93. The third-order valence-electron chi connectivity index (χ3n) is 4.70. The number of nitrogens with zero attached hydrogens (tertiary/aromatic N) is 3. The summed E-state index contributed by atoms with van der Waals surface area (Å²) in [6, 6.07) is 17.8. The highest BCUT2D eigenvalue weighted by atomic mass is 35.5. The van der Waals surface area contributed by atoms with Gasteiger partial charge in [-0.1, -0.05) is 35.9 Å². The van der Waals surface area contributed by atoms with Gasteiger partial charge in [0, 0.05) is 27.7 Å². The van der Waals surface area contributed by atoms with Crippen LogP contribution in [0.4, 0.5) is 5.69 Å². The van der Waals surface area contributed by atoms with Crippen LogP contribution in [0.3, 0.4) is 0 Å². The lowest BCUT2D eigenvalue weighted by molar-refractivity contribution is 0.435. The summed E-state index contributed by atoms with van der Waals surface area (Å²) < 4.78 is 1.21. The van der Waals surface area contributed by atoms with E-state index in [-0.39, 0.29) is 11.4 Å². The van der Waals surface area contributed by atoms with Crippen molar-refractivity contribution in [1.29, 1.82) is 0 Å². The molecule has 5 nitrogen and oxygen atoms in total. The normalized spacial score (nSPS) is 11.4. The van der Waals surface area contributed by atoms with Crippen molar-refractivity contribution in [2.24, 2.45) is 4.99 Å². The van der Waals surface area contributed by atoms with Crippen LogP contribution in [0.2, 0.25) is 5.02 Å². The Morgan fingerprint density at radius 1 is 1.03 bits per heavy atom. The number of aromatic nitrogens is 2. The molecule has 0 radical (unpaired) electrons. The lowest BCUT2D eigenvalue weighted by atomic mass is 10.1. The molecule has 144 valence electrons. The molecule has 0 aliphatic heterocycles. The second-order valence-corrected chi connectivity index (χ2v) is 7.19. The molecular formula is C23H18ClN3O2. The van der Waals surface area contributed by atoms with Crippen LogP contribution in [0.5, 0.6) is 5.88 Å². The number of aromatic hydroxyl groups is 1. The van der Waals surface area contributed by atoms with Crippen molar-refractivity contribution >= 4 is 34.3 Å². The molecule has 0 aliphatic carbocycles. The van der Waals surface area contributed by atoms with E-state index in [0.29, 0.717) is 27.2 Å². The van der Waals surface area contributed by atoms with Gasteiger partial charge in [-0.2, -0.15) is 0 Å². The van der Waals surface area contributed by atoms with E-state index in [0.717, 1.165) is 16.9 Å². The van der Waals surface area contributed by atoms with E-state index in [1.165, 1.54) is 4.57 Å². The van der Waals surface area contributed by atoms with E-state index in [9.17, 15) is 9.90 Å². The number of pyridine rings is 2. The quantitative estimate of drug-likeness (QED) is 0.483. The number of benzene rings is 2. The summed E-state index contributed by atoms with van der Waals surface area (Å²) >= 11 is 6.02. The first-order valence-electron chi connectivity index (χ1n) is 9.06. The van der Waals surface area contributed by atoms with Crippen molar-refractivity contribution < 1.29 is 5.11 Å². The maximum Gasteiger partial charge on any atom is 0.267 e. The molecule has 0 spiro atoms. The molecule has 0 amide bonds. The van der Waals surface area contributed by atoms with Crippen LogP contribution < -0.4 is 5.56 Å². The minimum absolute atomic E-state index is 0.206. The van der Waals surface area contributed by atoms with Gasteiger partial charge in [-0.15, -0.1) is 0 Å². The summed E-state index contributed by atoms with van der Waals surface area (Å²) in [5.41, 5.74) is 2.48. The summed E-state index contributed by atoms with van der Waals surface area (Å²) in [5.74, 6) is 0.151. The van der Waals surface area contributed by atoms with Gasteiger partial charge in [0.2, 0.25) is 5.88 Å². The van der Waals surface area contributed by atoms with Crippen LogP contribution in [0.25, 0.3) is 16.6 Å². The molecule has 0 saturated heterocycles. The van der Waals surface area contributed by atoms with E-state index in [4.69, 9.17) is 11.6 Å². The van der Waals surface area contributed by atoms with Crippen molar-refractivity contribution in [2.75, 3.05) is 0 Å². The molecule has 2 heterocycles. The standard InChI is InChI=1S/C23H18ClN3O2/c1-14-12-16(24)10-11-20(14)25-13-19-17-7-3-4-8-18(17)22(28)27(23(19)29)21-9-5-6-15(2)26-21/h3-13,29H,1-2H3. The van der Waals surface area contributed by atoms with Gasteiger partial charge < -0.3 is 5.11 Å². The molecule has 2 aromatic heterocycles. The molecule has 1 N–H and O–H groups in total. The van der Waals surface area contributed by atoms with Crippen molar-refractivity contribution in [3.63, 3.8) is 0 Å². The molecule has 0 bridgehead atoms. The number of hydrogen-bond donors (Lipinski definition) is 1. The van der Waals surface area contributed by atoms with Crippen LogP contribution in [-0.2, 0) is 0 Å². The monoisotopic (exact) mass is 403 g/mol. The fraction of sp³-hybridized carbons (Fsp3) is 0.0870. The summed E-state index contributed by atoms with van der Waals surface area (Å²) in [7, 11) is 0. The highest BCUT2D eigenvalue weighted by Crippen LogP contribution is 2.27. The number of aryl methyl sites for hydroxylation is 2. The van der Waals surface area contributed by atoms with E-state index in [1.807, 2.05) is 38.1 Å². The fourth-order valence-corrected chi connectivity index (χ4v) is 3.48. The molecule has 4 rings (SSSR count). The Morgan fingerprint density at radius 3 is 2.52 bits per heavy atom. The largest absolute Gasteiger partial charge is 0.494 e. The average molecular weight is 404 g/mol. The van der Waals surface area contributed by atoms with Gasteiger partial charge in [-0.25, -0.2) is 9.55 Å². The number of hydrogen-bond acceptors (Lipinski definition) is 4. The second kappa shape index (κ2) is 7.53. The van der Waals surface area contributed by atoms with Crippen LogP contribution in [0.1, 0.15) is 16.8 Å². The molecule has 0 saturated carbocycles. The van der Waals surface area contributed by atoms with Gasteiger partial charge in [0.1, 0.15) is 5.82 Å². The van der Waals surface area contributed by atoms with Gasteiger partial charge in [0.15, 0.2) is 0 Å². The highest BCUT2D eigenvalue weighted by Gasteiger charge is 2.17. The summed E-state index contributed by atoms with van der Waals surface area (Å²) in [6.07, 6.45) is 1.57. The van der Waals surface area contributed by atoms with Gasteiger partial charge >= 0.3 is 0 Å². The lowest BCUT2D eigenvalue weighted by Crippen LogP contribution is -2.21. The summed E-state index contributed by atoms with van der Waals surface area (Å²) in [5, 5.41) is 12.7. The first-order valence-corrected chi connectivity index (χ1v) is 9.44. The zero-order valence-corrected chi connectivity index (χ0v) is 16.7. The minimum atomic E-state index is -0.337. The van der Waals surface area contributed by atoms with Crippen molar-refractivity contribution in [3.8, 4) is 11.7 Å². The first-order chi connectivity index (χ1) is 14.0. The van der Waals surface area contributed by atoms with Crippen LogP contribution in [0.15, 0.2) is 70.5 Å². The lowest BCUT2D eigenvalue weighted by Gasteiger charge is -2.13. The van der Waals surface area contributed by atoms with Gasteiger partial charge in [0.05, 0.1) is 11.3 Å². The predicted octanol–water partition coefficient (Wildman–Crippen LogP) is 5.11. The van der Waals surface area contributed by atoms with E-state index in [2.05, 4.69) is 9.98 Å². The Balaban J connectivity index is 1.98. The van der Waals surface area contributed by atoms with Crippen molar-refractivity contribution in [1.82, 2.24) is 9.55 Å². The fourth-order valence-electron chi connectivity index (χ4n) is 3.25. The summed E-state index contributed by atoms with van der Waals surface area (Å²) in [6.45, 7) is 3.74. The molecular weight excluding hydrogens is 386 g/mol. The van der Waals surface area contributed by atoms with E-state index >= 15 is 0 Å². The molecule has 0 fully saturated rings. The highest BCUT2D eigenvalue weighted by molar-refractivity contribution is 6.30. The molecule has 0 aliphatic rings. The Bertz CT molecular complexity index is 1330. The maximum absolute atomic E-state index is 13.1. The topological polar surface area (TPSA) is 67.5 Å². The summed E-state index contributed by atoms with van der Waals surface area (Å²) in [4.78, 5) is 22.0. The molecule has 0 atom stereocenters. The van der Waals surface area contributed by atoms with E-state index in [1.54, 1.807) is 42.6 Å². The van der Waals surface area contributed by atoms with Gasteiger partial charge in [-0.05, 0) is 55.8 Å². The Kier molecular flexibility index (Phi) is 4.91. The third kappa shape index (κ3) is 3.52. The smallest absolute Gasteiger partial charge is 0.267 e. The van der Waals surface area contributed by atoms with Crippen LogP contribution >= 0.6 is 11.6 Å². The Morgan fingerprint density at radius 2 is 1.79 bits per heavy atom. The minimum Gasteiger partial charge on any atom is -0.494 e. The second-order valence-electron chi connectivity index (χ2n) is 6.75. The van der Waals surface area contributed by atoms with Gasteiger partial charge in [-0.3, -0.25) is 9.79 Å². The Hall–Kier alpha value is -3.44. The zero-order chi connectivity index (χ0) is 20.5. The van der Waals surface area contributed by atoms with E-state index < -0.39 is 0 Å². The molecule has 4 aromatic rings. The number of fused-ring (bicyclic) bond motifs is 1. The Labute approximate surface area is 172 Å². The molecule has 0 unspecified atom stereocenters. The zero-order valence-electron chi connectivity index (χ0n) is 15.9. The maximum atomic E-state index is 13.1. The molecule has 2 aromatic carbocycles. The number of aliphatic imine (C=N–C) groups is 1. The van der Waals surface area contributed by atoms with Gasteiger partial charge in [0.25, 0.3) is 5.56 Å². The predicted molar refractivity (Wildman–Crippen MR) is 117 cm³/mol.